The number of hydrogen-bond acceptors (Lipinski definition) is 6. The van der Waals surface area contributed by atoms with Crippen molar-refractivity contribution in [2.75, 3.05) is 43.1 Å². The third-order valence-corrected chi connectivity index (χ3v) is 4.29. The molecule has 0 saturated carbocycles. The number of rotatable bonds is 6. The van der Waals surface area contributed by atoms with Gasteiger partial charge in [0, 0.05) is 38.6 Å². The smallest absolute Gasteiger partial charge is 0.326 e. The van der Waals surface area contributed by atoms with Crippen LogP contribution in [0.1, 0.15) is 6.42 Å². The number of carbonyl (C=O) groups is 2. The van der Waals surface area contributed by atoms with Crippen molar-refractivity contribution < 1.29 is 14.7 Å². The Labute approximate surface area is 139 Å². The van der Waals surface area contributed by atoms with E-state index in [2.05, 4.69) is 20.2 Å². The molecule has 9 heteroatoms. The van der Waals surface area contributed by atoms with Crippen LogP contribution < -0.4 is 10.2 Å². The molecule has 2 N–H and O–H groups in total. The van der Waals surface area contributed by atoms with Crippen LogP contribution in [0.15, 0.2) is 18.6 Å². The van der Waals surface area contributed by atoms with E-state index in [1.54, 1.807) is 35.3 Å². The fraction of sp³-hybridized carbons (Fsp3) is 0.571. The summed E-state index contributed by atoms with van der Waals surface area (Å²) >= 11 is 1.56. The van der Waals surface area contributed by atoms with Crippen LogP contribution in [0.2, 0.25) is 0 Å². The molecule has 8 nitrogen and oxygen atoms in total. The first-order valence-electron chi connectivity index (χ1n) is 7.40. The van der Waals surface area contributed by atoms with Crippen molar-refractivity contribution >= 4 is 29.6 Å². The highest BCUT2D eigenvalue weighted by Crippen LogP contribution is 2.11. The molecule has 2 heterocycles. The highest BCUT2D eigenvalue weighted by atomic mass is 32.2. The van der Waals surface area contributed by atoms with Crippen LogP contribution in [0, 0.1) is 0 Å². The third kappa shape index (κ3) is 4.98. The molecule has 2 amide bonds. The molecular formula is C14H21N5O3S. The molecule has 0 aliphatic carbocycles. The van der Waals surface area contributed by atoms with Crippen LogP contribution in [-0.2, 0) is 4.79 Å². The lowest BCUT2D eigenvalue weighted by Crippen LogP contribution is -2.55. The van der Waals surface area contributed by atoms with E-state index in [1.807, 2.05) is 6.26 Å². The average molecular weight is 339 g/mol. The van der Waals surface area contributed by atoms with Gasteiger partial charge in [-0.25, -0.2) is 14.6 Å². The third-order valence-electron chi connectivity index (χ3n) is 3.65. The lowest BCUT2D eigenvalue weighted by atomic mass is 10.2. The number of thioether (sulfide) groups is 1. The Morgan fingerprint density at radius 1 is 1.35 bits per heavy atom. The number of carboxylic acid groups (broad SMARTS) is 1. The number of urea groups is 1. The summed E-state index contributed by atoms with van der Waals surface area (Å²) < 4.78 is 0. The van der Waals surface area contributed by atoms with Gasteiger partial charge in [-0.05, 0) is 18.4 Å². The molecule has 1 aromatic heterocycles. The van der Waals surface area contributed by atoms with Crippen LogP contribution in [0.25, 0.3) is 0 Å². The highest BCUT2D eigenvalue weighted by Gasteiger charge is 2.26. The molecule has 1 saturated heterocycles. The normalized spacial score (nSPS) is 16.0. The van der Waals surface area contributed by atoms with E-state index in [0.717, 1.165) is 5.82 Å². The molecule has 1 fully saturated rings. The molecular weight excluding hydrogens is 318 g/mol. The first-order valence-corrected chi connectivity index (χ1v) is 8.79. The topological polar surface area (TPSA) is 98.7 Å². The second kappa shape index (κ2) is 8.56. The minimum atomic E-state index is -0.995. The molecule has 0 aromatic carbocycles. The fourth-order valence-electron chi connectivity index (χ4n) is 2.33. The molecule has 0 spiro atoms. The maximum absolute atomic E-state index is 12.2. The number of amides is 2. The second-order valence-electron chi connectivity index (χ2n) is 5.16. The van der Waals surface area contributed by atoms with Crippen molar-refractivity contribution in [2.45, 2.75) is 12.5 Å². The first-order chi connectivity index (χ1) is 11.1. The molecule has 1 aliphatic rings. The van der Waals surface area contributed by atoms with Crippen LogP contribution in [0.5, 0.6) is 0 Å². The quantitative estimate of drug-likeness (QED) is 0.779. The fourth-order valence-corrected chi connectivity index (χ4v) is 2.80. The predicted molar refractivity (Wildman–Crippen MR) is 88.8 cm³/mol. The van der Waals surface area contributed by atoms with E-state index in [1.165, 1.54) is 0 Å². The number of aliphatic carboxylic acids is 1. The minimum Gasteiger partial charge on any atom is -0.480 e. The Morgan fingerprint density at radius 2 is 2.09 bits per heavy atom. The zero-order chi connectivity index (χ0) is 16.7. The second-order valence-corrected chi connectivity index (χ2v) is 6.15. The van der Waals surface area contributed by atoms with E-state index < -0.39 is 12.0 Å². The summed E-state index contributed by atoms with van der Waals surface area (Å²) in [4.78, 5) is 35.4. The Balaban J connectivity index is 1.84. The Hall–Kier alpha value is -2.03. The van der Waals surface area contributed by atoms with E-state index in [4.69, 9.17) is 0 Å². The van der Waals surface area contributed by atoms with Gasteiger partial charge >= 0.3 is 12.0 Å². The summed E-state index contributed by atoms with van der Waals surface area (Å²) in [7, 11) is 0. The SMILES string of the molecule is CSCC[C@H](NC(=O)N1CCN(c2cnccn2)CC1)C(=O)O. The molecule has 2 rings (SSSR count). The van der Waals surface area contributed by atoms with E-state index >= 15 is 0 Å². The molecule has 1 aliphatic heterocycles. The average Bonchev–Trinajstić information content (AvgIpc) is 2.59. The Bertz CT molecular complexity index is 522. The number of nitrogens with zero attached hydrogens (tertiary/aromatic N) is 4. The van der Waals surface area contributed by atoms with Gasteiger partial charge in [0.25, 0.3) is 0 Å². The molecule has 0 bridgehead atoms. The lowest BCUT2D eigenvalue weighted by Gasteiger charge is -2.35. The van der Waals surface area contributed by atoms with Gasteiger partial charge in [-0.2, -0.15) is 11.8 Å². The van der Waals surface area contributed by atoms with Gasteiger partial charge in [0.15, 0.2) is 0 Å². The van der Waals surface area contributed by atoms with Crippen LogP contribution >= 0.6 is 11.8 Å². The summed E-state index contributed by atoms with van der Waals surface area (Å²) in [6.45, 7) is 2.35. The summed E-state index contributed by atoms with van der Waals surface area (Å²) in [5.41, 5.74) is 0. The maximum atomic E-state index is 12.2. The minimum absolute atomic E-state index is 0.322. The molecule has 0 unspecified atom stereocenters. The molecule has 126 valence electrons. The van der Waals surface area contributed by atoms with Crippen molar-refractivity contribution in [3.8, 4) is 0 Å². The van der Waals surface area contributed by atoms with Gasteiger partial charge in [-0.1, -0.05) is 0 Å². The maximum Gasteiger partial charge on any atom is 0.326 e. The van der Waals surface area contributed by atoms with Gasteiger partial charge in [0.2, 0.25) is 0 Å². The largest absolute Gasteiger partial charge is 0.480 e. The van der Waals surface area contributed by atoms with Crippen molar-refractivity contribution in [3.05, 3.63) is 18.6 Å². The molecule has 1 aromatic rings. The van der Waals surface area contributed by atoms with Crippen LogP contribution in [0.3, 0.4) is 0 Å². The predicted octanol–water partition coefficient (Wildman–Crippen LogP) is 0.515. The van der Waals surface area contributed by atoms with Crippen LogP contribution in [-0.4, -0.2) is 76.2 Å². The Morgan fingerprint density at radius 3 is 2.65 bits per heavy atom. The number of nitrogens with one attached hydrogen (secondary N) is 1. The molecule has 0 radical (unpaired) electrons. The lowest BCUT2D eigenvalue weighted by molar-refractivity contribution is -0.139. The number of hydrogen-bond donors (Lipinski definition) is 2. The van der Waals surface area contributed by atoms with Gasteiger partial charge in [-0.15, -0.1) is 0 Å². The van der Waals surface area contributed by atoms with E-state index in [0.29, 0.717) is 38.4 Å². The van der Waals surface area contributed by atoms with Crippen molar-refractivity contribution in [2.24, 2.45) is 0 Å². The van der Waals surface area contributed by atoms with Crippen molar-refractivity contribution in [1.82, 2.24) is 20.2 Å². The zero-order valence-electron chi connectivity index (χ0n) is 13.0. The van der Waals surface area contributed by atoms with Gasteiger partial charge < -0.3 is 20.2 Å². The number of aromatic nitrogens is 2. The van der Waals surface area contributed by atoms with Gasteiger partial charge in [-0.3, -0.25) is 4.98 Å². The van der Waals surface area contributed by atoms with E-state index in [-0.39, 0.29) is 6.03 Å². The van der Waals surface area contributed by atoms with Crippen molar-refractivity contribution in [3.63, 3.8) is 0 Å². The molecule has 23 heavy (non-hydrogen) atoms. The van der Waals surface area contributed by atoms with Crippen LogP contribution in [0.4, 0.5) is 10.6 Å². The number of piperazine rings is 1. The zero-order valence-corrected chi connectivity index (χ0v) is 13.8. The summed E-state index contributed by atoms with van der Waals surface area (Å²) in [6.07, 6.45) is 7.28. The highest BCUT2D eigenvalue weighted by molar-refractivity contribution is 7.98. The summed E-state index contributed by atoms with van der Waals surface area (Å²) in [6, 6.07) is -1.16. The Kier molecular flexibility index (Phi) is 6.45. The number of anilines is 1. The van der Waals surface area contributed by atoms with E-state index in [9.17, 15) is 14.7 Å². The summed E-state index contributed by atoms with van der Waals surface area (Å²) in [5.74, 6) is 0.485. The van der Waals surface area contributed by atoms with Gasteiger partial charge in [0.05, 0.1) is 6.20 Å². The number of carbonyl (C=O) groups excluding carboxylic acids is 1. The number of carboxylic acids is 1. The van der Waals surface area contributed by atoms with Gasteiger partial charge in [0.1, 0.15) is 11.9 Å². The summed E-state index contributed by atoms with van der Waals surface area (Å²) in [5, 5.41) is 11.8. The van der Waals surface area contributed by atoms with Crippen molar-refractivity contribution in [1.29, 1.82) is 0 Å². The first kappa shape index (κ1) is 17.3. The standard InChI is InChI=1S/C14H21N5O3S/c1-23-9-2-11(13(20)21)17-14(22)19-7-5-18(6-8-19)12-10-15-3-4-16-12/h3-4,10-11H,2,5-9H2,1H3,(H,17,22)(H,20,21)/t11-/m0/s1. The molecule has 1 atom stereocenters. The monoisotopic (exact) mass is 339 g/mol.